The first-order valence-corrected chi connectivity index (χ1v) is 3.86. The van der Waals surface area contributed by atoms with Crippen LogP contribution in [-0.4, -0.2) is 9.97 Å². The van der Waals surface area contributed by atoms with E-state index in [9.17, 15) is 0 Å². The lowest BCUT2D eigenvalue weighted by Gasteiger charge is -1.96. The molecule has 1 aliphatic carbocycles. The summed E-state index contributed by atoms with van der Waals surface area (Å²) >= 11 is 0. The van der Waals surface area contributed by atoms with Gasteiger partial charge in [-0.2, -0.15) is 0 Å². The van der Waals surface area contributed by atoms with E-state index >= 15 is 0 Å². The van der Waals surface area contributed by atoms with Crippen LogP contribution in [0.2, 0.25) is 0 Å². The Morgan fingerprint density at radius 2 is 2.36 bits per heavy atom. The zero-order chi connectivity index (χ0) is 7.84. The number of hydrogen-bond donors (Lipinski definition) is 1. The second kappa shape index (κ2) is 2.19. The van der Waals surface area contributed by atoms with Gasteiger partial charge in [-0.25, -0.2) is 9.97 Å². The SMILES string of the molecule is C[C@H]1C[C@H]1c1nccc(N)n1. The Hall–Kier alpha value is -1.12. The number of rotatable bonds is 1. The summed E-state index contributed by atoms with van der Waals surface area (Å²) in [5.74, 6) is 2.81. The Labute approximate surface area is 65.7 Å². The van der Waals surface area contributed by atoms with Crippen molar-refractivity contribution in [1.29, 1.82) is 0 Å². The maximum Gasteiger partial charge on any atom is 0.134 e. The summed E-state index contributed by atoms with van der Waals surface area (Å²) in [6, 6.07) is 1.72. The van der Waals surface area contributed by atoms with Gasteiger partial charge in [-0.05, 0) is 18.4 Å². The molecule has 11 heavy (non-hydrogen) atoms. The number of nitrogen functional groups attached to an aromatic ring is 1. The van der Waals surface area contributed by atoms with E-state index in [0.717, 1.165) is 11.7 Å². The van der Waals surface area contributed by atoms with Crippen molar-refractivity contribution in [2.24, 2.45) is 5.92 Å². The maximum atomic E-state index is 5.52. The minimum absolute atomic E-state index is 0.568. The molecule has 0 aromatic carbocycles. The molecule has 0 radical (unpaired) electrons. The van der Waals surface area contributed by atoms with Crippen molar-refractivity contribution in [1.82, 2.24) is 9.97 Å². The van der Waals surface area contributed by atoms with Crippen LogP contribution in [0, 0.1) is 5.92 Å². The molecule has 1 aliphatic rings. The highest BCUT2D eigenvalue weighted by molar-refractivity contribution is 5.27. The van der Waals surface area contributed by atoms with Crippen molar-refractivity contribution in [3.05, 3.63) is 18.1 Å². The molecular formula is C8H11N3. The normalized spacial score (nSPS) is 28.5. The maximum absolute atomic E-state index is 5.52. The van der Waals surface area contributed by atoms with Crippen molar-refractivity contribution in [3.63, 3.8) is 0 Å². The molecule has 3 nitrogen and oxygen atoms in total. The molecule has 0 amide bonds. The van der Waals surface area contributed by atoms with Crippen molar-refractivity contribution >= 4 is 5.82 Å². The predicted octanol–water partition coefficient (Wildman–Crippen LogP) is 1.18. The summed E-state index contributed by atoms with van der Waals surface area (Å²) < 4.78 is 0. The van der Waals surface area contributed by atoms with Gasteiger partial charge in [0, 0.05) is 12.1 Å². The summed E-state index contributed by atoms with van der Waals surface area (Å²) in [6.07, 6.45) is 2.94. The summed E-state index contributed by atoms with van der Waals surface area (Å²) in [4.78, 5) is 8.31. The minimum atomic E-state index is 0.568. The van der Waals surface area contributed by atoms with Gasteiger partial charge in [0.2, 0.25) is 0 Å². The second-order valence-electron chi connectivity index (χ2n) is 3.16. The molecule has 0 aliphatic heterocycles. The zero-order valence-corrected chi connectivity index (χ0v) is 6.49. The average Bonchev–Trinajstić information content (AvgIpc) is 2.67. The number of nitrogens with zero attached hydrogens (tertiary/aromatic N) is 2. The van der Waals surface area contributed by atoms with Gasteiger partial charge < -0.3 is 5.73 Å². The fraction of sp³-hybridized carbons (Fsp3) is 0.500. The van der Waals surface area contributed by atoms with E-state index in [0.29, 0.717) is 11.7 Å². The molecule has 1 heterocycles. The Balaban J connectivity index is 2.25. The van der Waals surface area contributed by atoms with E-state index in [-0.39, 0.29) is 0 Å². The van der Waals surface area contributed by atoms with Crippen LogP contribution in [-0.2, 0) is 0 Å². The van der Waals surface area contributed by atoms with Gasteiger partial charge >= 0.3 is 0 Å². The zero-order valence-electron chi connectivity index (χ0n) is 6.49. The van der Waals surface area contributed by atoms with Gasteiger partial charge in [-0.1, -0.05) is 6.92 Å². The van der Waals surface area contributed by atoms with Gasteiger partial charge in [0.05, 0.1) is 0 Å². The predicted molar refractivity (Wildman–Crippen MR) is 43.0 cm³/mol. The molecule has 0 unspecified atom stereocenters. The number of aromatic nitrogens is 2. The summed E-state index contributed by atoms with van der Waals surface area (Å²) in [5.41, 5.74) is 5.52. The number of hydrogen-bond acceptors (Lipinski definition) is 3. The van der Waals surface area contributed by atoms with Crippen molar-refractivity contribution in [3.8, 4) is 0 Å². The van der Waals surface area contributed by atoms with E-state index in [1.54, 1.807) is 12.3 Å². The van der Waals surface area contributed by atoms with Crippen molar-refractivity contribution in [2.45, 2.75) is 19.3 Å². The van der Waals surface area contributed by atoms with Crippen LogP contribution in [0.25, 0.3) is 0 Å². The van der Waals surface area contributed by atoms with Gasteiger partial charge in [0.1, 0.15) is 11.6 Å². The highest BCUT2D eigenvalue weighted by Crippen LogP contribution is 2.45. The van der Waals surface area contributed by atoms with Crippen LogP contribution in [0.3, 0.4) is 0 Å². The van der Waals surface area contributed by atoms with Gasteiger partial charge in [-0.3, -0.25) is 0 Å². The van der Waals surface area contributed by atoms with E-state index in [2.05, 4.69) is 16.9 Å². The fourth-order valence-corrected chi connectivity index (χ4v) is 1.25. The van der Waals surface area contributed by atoms with Crippen LogP contribution in [0.1, 0.15) is 25.1 Å². The molecule has 1 saturated carbocycles. The first-order valence-electron chi connectivity index (χ1n) is 3.86. The molecule has 0 spiro atoms. The number of nitrogens with two attached hydrogens (primary N) is 1. The Morgan fingerprint density at radius 3 is 2.91 bits per heavy atom. The Morgan fingerprint density at radius 1 is 1.64 bits per heavy atom. The lowest BCUT2D eigenvalue weighted by molar-refractivity contribution is 0.845. The standard InChI is InChI=1S/C8H11N3/c1-5-4-6(5)8-10-3-2-7(9)11-8/h2-3,5-6H,4H2,1H3,(H2,9,10,11)/t5-,6+/m0/s1. The smallest absolute Gasteiger partial charge is 0.134 e. The molecular weight excluding hydrogens is 138 g/mol. The largest absolute Gasteiger partial charge is 0.384 e. The average molecular weight is 149 g/mol. The lowest BCUT2D eigenvalue weighted by atomic mass is 10.3. The van der Waals surface area contributed by atoms with Crippen LogP contribution in [0.15, 0.2) is 12.3 Å². The first-order chi connectivity index (χ1) is 5.27. The molecule has 1 fully saturated rings. The third-order valence-corrected chi connectivity index (χ3v) is 2.14. The molecule has 2 atom stereocenters. The molecule has 2 N–H and O–H groups in total. The highest BCUT2D eigenvalue weighted by atomic mass is 14.9. The van der Waals surface area contributed by atoms with Gasteiger partial charge in [0.15, 0.2) is 0 Å². The third kappa shape index (κ3) is 1.18. The monoisotopic (exact) mass is 149 g/mol. The van der Waals surface area contributed by atoms with Gasteiger partial charge in [0.25, 0.3) is 0 Å². The van der Waals surface area contributed by atoms with Crippen LogP contribution in [0.5, 0.6) is 0 Å². The molecule has 1 aromatic rings. The highest BCUT2D eigenvalue weighted by Gasteiger charge is 2.36. The molecule has 0 saturated heterocycles. The van der Waals surface area contributed by atoms with Crippen molar-refractivity contribution in [2.75, 3.05) is 5.73 Å². The van der Waals surface area contributed by atoms with E-state index < -0.39 is 0 Å². The Kier molecular flexibility index (Phi) is 1.31. The Bertz CT molecular complexity index is 272. The third-order valence-electron chi connectivity index (χ3n) is 2.14. The topological polar surface area (TPSA) is 51.8 Å². The molecule has 0 bridgehead atoms. The molecule has 2 rings (SSSR count). The van der Waals surface area contributed by atoms with Gasteiger partial charge in [-0.15, -0.1) is 0 Å². The molecule has 1 aromatic heterocycles. The second-order valence-corrected chi connectivity index (χ2v) is 3.16. The summed E-state index contributed by atoms with van der Waals surface area (Å²) in [6.45, 7) is 2.21. The molecule has 3 heteroatoms. The molecule has 58 valence electrons. The minimum Gasteiger partial charge on any atom is -0.384 e. The lowest BCUT2D eigenvalue weighted by Crippen LogP contribution is -1.97. The summed E-state index contributed by atoms with van der Waals surface area (Å²) in [7, 11) is 0. The summed E-state index contributed by atoms with van der Waals surface area (Å²) in [5, 5.41) is 0. The van der Waals surface area contributed by atoms with E-state index in [1.807, 2.05) is 0 Å². The van der Waals surface area contributed by atoms with E-state index in [1.165, 1.54) is 6.42 Å². The van der Waals surface area contributed by atoms with Crippen LogP contribution >= 0.6 is 0 Å². The quantitative estimate of drug-likeness (QED) is 0.652. The number of anilines is 1. The fourth-order valence-electron chi connectivity index (χ4n) is 1.25. The first kappa shape index (κ1) is 6.58. The van der Waals surface area contributed by atoms with Crippen LogP contribution < -0.4 is 5.73 Å². The van der Waals surface area contributed by atoms with E-state index in [4.69, 9.17) is 5.73 Å². The van der Waals surface area contributed by atoms with Crippen LogP contribution in [0.4, 0.5) is 5.82 Å². The van der Waals surface area contributed by atoms with Crippen molar-refractivity contribution < 1.29 is 0 Å².